The van der Waals surface area contributed by atoms with E-state index in [1.54, 1.807) is 0 Å². The first-order valence-corrected chi connectivity index (χ1v) is 9.32. The molecule has 3 nitrogen and oxygen atoms in total. The molecule has 0 N–H and O–H groups in total. The van der Waals surface area contributed by atoms with Gasteiger partial charge in [-0.2, -0.15) is 0 Å². The molecule has 0 aliphatic heterocycles. The Morgan fingerprint density at radius 2 is 1.87 bits per heavy atom. The van der Waals surface area contributed by atoms with Crippen molar-refractivity contribution >= 4 is 23.3 Å². The second kappa shape index (κ2) is 9.02. The molecule has 126 valence electrons. The lowest BCUT2D eigenvalue weighted by Crippen LogP contribution is -2.36. The minimum Gasteiger partial charge on any atom is -0.310 e. The fourth-order valence-electron chi connectivity index (χ4n) is 2.99. The fourth-order valence-corrected chi connectivity index (χ4v) is 3.25. The third-order valence-electron chi connectivity index (χ3n) is 4.34. The average Bonchev–Trinajstić information content (AvgIpc) is 2.56. The fraction of sp³-hybridized carbons (Fsp3) is 0.579. The Balaban J connectivity index is 2.16. The topological polar surface area (TPSA) is 21.1 Å². The number of aryl methyl sites for hydroxylation is 1. The molecule has 0 fully saturated rings. The van der Waals surface area contributed by atoms with Crippen LogP contribution >= 0.6 is 12.2 Å². The smallest absolute Gasteiger partial charge is 0.159 e. The Labute approximate surface area is 145 Å². The van der Waals surface area contributed by atoms with Crippen LogP contribution < -0.4 is 5.01 Å². The summed E-state index contributed by atoms with van der Waals surface area (Å²) in [6.45, 7) is 8.51. The van der Waals surface area contributed by atoms with Crippen molar-refractivity contribution in [2.45, 2.75) is 59.3 Å². The molecule has 0 bridgehead atoms. The highest BCUT2D eigenvalue weighted by Gasteiger charge is 2.10. The van der Waals surface area contributed by atoms with E-state index >= 15 is 0 Å². The summed E-state index contributed by atoms with van der Waals surface area (Å²) < 4.78 is 3.02. The number of fused-ring (bicyclic) bond motifs is 1. The van der Waals surface area contributed by atoms with Gasteiger partial charge >= 0.3 is 0 Å². The zero-order chi connectivity index (χ0) is 16.7. The van der Waals surface area contributed by atoms with Gasteiger partial charge in [-0.05, 0) is 44.0 Å². The largest absolute Gasteiger partial charge is 0.310 e. The first kappa shape index (κ1) is 17.9. The van der Waals surface area contributed by atoms with E-state index in [9.17, 15) is 0 Å². The second-order valence-corrected chi connectivity index (χ2v) is 6.56. The number of hydrogen-bond acceptors (Lipinski definition) is 3. The molecule has 2 aromatic heterocycles. The van der Waals surface area contributed by atoms with E-state index < -0.39 is 0 Å². The lowest BCUT2D eigenvalue weighted by atomic mass is 10.1. The summed E-state index contributed by atoms with van der Waals surface area (Å²) in [6, 6.07) is 6.23. The van der Waals surface area contributed by atoms with Crippen molar-refractivity contribution in [2.24, 2.45) is 0 Å². The van der Waals surface area contributed by atoms with Crippen LogP contribution in [0.25, 0.3) is 11.0 Å². The Hall–Kier alpha value is -1.42. The van der Waals surface area contributed by atoms with E-state index in [4.69, 9.17) is 12.2 Å². The van der Waals surface area contributed by atoms with Crippen LogP contribution in [-0.2, 0) is 0 Å². The molecule has 2 heterocycles. The molecule has 0 atom stereocenters. The molecule has 2 aromatic rings. The monoisotopic (exact) mass is 331 g/mol. The maximum Gasteiger partial charge on any atom is 0.159 e. The van der Waals surface area contributed by atoms with E-state index in [1.165, 1.54) is 38.5 Å². The van der Waals surface area contributed by atoms with Gasteiger partial charge in [-0.15, -0.1) is 0 Å². The number of rotatable bonds is 9. The maximum absolute atomic E-state index is 5.68. The van der Waals surface area contributed by atoms with Crippen molar-refractivity contribution < 1.29 is 0 Å². The van der Waals surface area contributed by atoms with Crippen LogP contribution in [0.2, 0.25) is 0 Å². The van der Waals surface area contributed by atoms with Crippen molar-refractivity contribution in [3.63, 3.8) is 0 Å². The van der Waals surface area contributed by atoms with Crippen LogP contribution in [-0.4, -0.2) is 22.7 Å². The molecule has 0 aliphatic carbocycles. The highest BCUT2D eigenvalue weighted by atomic mass is 32.1. The van der Waals surface area contributed by atoms with Crippen molar-refractivity contribution in [2.75, 3.05) is 18.1 Å². The Morgan fingerprint density at radius 1 is 1.13 bits per heavy atom. The molecule has 0 saturated heterocycles. The molecule has 0 unspecified atom stereocenters. The second-order valence-electron chi connectivity index (χ2n) is 6.17. The minimum absolute atomic E-state index is 0.879. The normalized spacial score (nSPS) is 11.1. The van der Waals surface area contributed by atoms with Crippen LogP contribution in [0.5, 0.6) is 0 Å². The summed E-state index contributed by atoms with van der Waals surface area (Å²) in [5.74, 6) is 0. The zero-order valence-electron chi connectivity index (χ0n) is 14.7. The average molecular weight is 332 g/mol. The van der Waals surface area contributed by atoms with Crippen molar-refractivity contribution in [1.29, 1.82) is 0 Å². The number of aromatic nitrogens is 2. The van der Waals surface area contributed by atoms with Gasteiger partial charge < -0.3 is 5.01 Å². The number of pyridine rings is 2. The van der Waals surface area contributed by atoms with E-state index in [1.807, 2.05) is 12.3 Å². The Kier molecular flexibility index (Phi) is 7.03. The molecule has 0 aromatic carbocycles. The van der Waals surface area contributed by atoms with Gasteiger partial charge in [0.05, 0.1) is 0 Å². The van der Waals surface area contributed by atoms with Gasteiger partial charge in [0.25, 0.3) is 0 Å². The lowest BCUT2D eigenvalue weighted by molar-refractivity contribution is 0.545. The SMILES string of the molecule is CCCCCCCCN(CC)n1c(=S)c(C)cc2cccnc21. The van der Waals surface area contributed by atoms with Gasteiger partial charge in [0, 0.05) is 24.7 Å². The van der Waals surface area contributed by atoms with E-state index in [2.05, 4.69) is 47.6 Å². The third kappa shape index (κ3) is 4.54. The predicted molar refractivity (Wildman–Crippen MR) is 102 cm³/mol. The van der Waals surface area contributed by atoms with Gasteiger partial charge in [0.15, 0.2) is 5.65 Å². The van der Waals surface area contributed by atoms with Crippen LogP contribution in [0.1, 0.15) is 57.9 Å². The molecule has 0 aliphatic rings. The maximum atomic E-state index is 5.68. The van der Waals surface area contributed by atoms with Gasteiger partial charge in [0.1, 0.15) is 4.64 Å². The summed E-state index contributed by atoms with van der Waals surface area (Å²) in [4.78, 5) is 4.58. The van der Waals surface area contributed by atoms with Gasteiger partial charge in [-0.3, -0.25) is 0 Å². The highest BCUT2D eigenvalue weighted by Crippen LogP contribution is 2.17. The number of nitrogens with zero attached hydrogens (tertiary/aromatic N) is 3. The quantitative estimate of drug-likeness (QED) is 0.454. The van der Waals surface area contributed by atoms with Crippen molar-refractivity contribution in [3.05, 3.63) is 34.6 Å². The number of unbranched alkanes of at least 4 members (excludes halogenated alkanes) is 5. The lowest BCUT2D eigenvalue weighted by Gasteiger charge is -2.27. The van der Waals surface area contributed by atoms with Crippen LogP contribution in [0, 0.1) is 11.6 Å². The summed E-state index contributed by atoms with van der Waals surface area (Å²) in [7, 11) is 0. The summed E-state index contributed by atoms with van der Waals surface area (Å²) in [6.07, 6.45) is 9.71. The third-order valence-corrected chi connectivity index (χ3v) is 4.83. The minimum atomic E-state index is 0.879. The first-order valence-electron chi connectivity index (χ1n) is 8.91. The summed E-state index contributed by atoms with van der Waals surface area (Å²) in [5.41, 5.74) is 2.11. The zero-order valence-corrected chi connectivity index (χ0v) is 15.5. The molecule has 0 amide bonds. The molecule has 0 saturated carbocycles. The van der Waals surface area contributed by atoms with Crippen molar-refractivity contribution in [1.82, 2.24) is 9.66 Å². The van der Waals surface area contributed by atoms with E-state index in [-0.39, 0.29) is 0 Å². The van der Waals surface area contributed by atoms with Crippen LogP contribution in [0.4, 0.5) is 0 Å². The molecule has 2 rings (SSSR count). The summed E-state index contributed by atoms with van der Waals surface area (Å²) >= 11 is 5.68. The summed E-state index contributed by atoms with van der Waals surface area (Å²) in [5, 5.41) is 3.49. The van der Waals surface area contributed by atoms with Gasteiger partial charge in [-0.25, -0.2) is 9.66 Å². The predicted octanol–water partition coefficient (Wildman–Crippen LogP) is 5.39. The van der Waals surface area contributed by atoms with E-state index in [0.717, 1.165) is 34.3 Å². The number of hydrogen-bond donors (Lipinski definition) is 0. The first-order chi connectivity index (χ1) is 11.2. The van der Waals surface area contributed by atoms with Gasteiger partial charge in [-0.1, -0.05) is 51.2 Å². The Bertz CT molecular complexity index is 678. The van der Waals surface area contributed by atoms with E-state index in [0.29, 0.717) is 0 Å². The van der Waals surface area contributed by atoms with Crippen LogP contribution in [0.15, 0.2) is 24.4 Å². The van der Waals surface area contributed by atoms with Crippen molar-refractivity contribution in [3.8, 4) is 0 Å². The van der Waals surface area contributed by atoms with Gasteiger partial charge in [0.2, 0.25) is 0 Å². The van der Waals surface area contributed by atoms with Crippen LogP contribution in [0.3, 0.4) is 0 Å². The Morgan fingerprint density at radius 3 is 2.61 bits per heavy atom. The molecular formula is C19H29N3S. The molecule has 4 heteroatoms. The molecule has 0 radical (unpaired) electrons. The standard InChI is InChI=1S/C19H29N3S/c1-4-6-7-8-9-10-14-21(5-2)22-18-17(12-11-13-20-18)15-16(3)19(22)23/h11-13,15H,4-10,14H2,1-3H3. The molecule has 23 heavy (non-hydrogen) atoms. The highest BCUT2D eigenvalue weighted by molar-refractivity contribution is 7.71. The molecular weight excluding hydrogens is 302 g/mol. The molecule has 0 spiro atoms.